The number of para-hydroxylation sites is 1. The Morgan fingerprint density at radius 3 is 2.29 bits per heavy atom. The average Bonchev–Trinajstić information content (AvgIpc) is 2.95. The molecule has 1 heterocycles. The molecular weight excluding hydrogens is 326 g/mol. The van der Waals surface area contributed by atoms with E-state index in [2.05, 4.69) is 0 Å². The van der Waals surface area contributed by atoms with Crippen molar-refractivity contribution in [2.45, 2.75) is 18.7 Å². The molecule has 0 saturated heterocycles. The molecule has 0 N–H and O–H groups in total. The van der Waals surface area contributed by atoms with Gasteiger partial charge >= 0.3 is 5.97 Å². The summed E-state index contributed by atoms with van der Waals surface area (Å²) in [6, 6.07) is 15.1. The third-order valence-electron chi connectivity index (χ3n) is 3.62. The molecule has 124 valence electrons. The summed E-state index contributed by atoms with van der Waals surface area (Å²) in [4.78, 5) is 12.1. The summed E-state index contributed by atoms with van der Waals surface area (Å²) in [5, 5.41) is 0.575. The number of rotatable bonds is 4. The average molecular weight is 343 g/mol. The minimum atomic E-state index is -3.78. The molecule has 0 fully saturated rings. The lowest BCUT2D eigenvalue weighted by Crippen LogP contribution is -2.15. The van der Waals surface area contributed by atoms with Gasteiger partial charge < -0.3 is 4.74 Å². The van der Waals surface area contributed by atoms with Crippen LogP contribution in [0.15, 0.2) is 65.7 Å². The van der Waals surface area contributed by atoms with Gasteiger partial charge in [0.15, 0.2) is 5.75 Å². The predicted octanol–water partition coefficient (Wildman–Crippen LogP) is 3.44. The Kier molecular flexibility index (Phi) is 4.15. The number of carbonyl (C=O) groups is 1. The summed E-state index contributed by atoms with van der Waals surface area (Å²) < 4.78 is 32.3. The Labute approximate surface area is 140 Å². The summed E-state index contributed by atoms with van der Waals surface area (Å²) in [7, 11) is -3.78. The highest BCUT2D eigenvalue weighted by Crippen LogP contribution is 2.31. The van der Waals surface area contributed by atoms with Crippen molar-refractivity contribution in [3.63, 3.8) is 0 Å². The first kappa shape index (κ1) is 16.3. The SMILES string of the molecule is CC(C)C(=O)Oc1cn(S(=O)(=O)c2ccccc2)c2ccccc12. The van der Waals surface area contributed by atoms with Crippen molar-refractivity contribution in [3.05, 3.63) is 60.8 Å². The number of fused-ring (bicyclic) bond motifs is 1. The van der Waals surface area contributed by atoms with E-state index >= 15 is 0 Å². The Morgan fingerprint density at radius 2 is 1.62 bits per heavy atom. The van der Waals surface area contributed by atoms with Crippen molar-refractivity contribution in [3.8, 4) is 5.75 Å². The first-order valence-electron chi connectivity index (χ1n) is 7.53. The van der Waals surface area contributed by atoms with Gasteiger partial charge in [-0.05, 0) is 24.3 Å². The maximum atomic E-state index is 12.9. The van der Waals surface area contributed by atoms with Crippen molar-refractivity contribution in [2.24, 2.45) is 5.92 Å². The van der Waals surface area contributed by atoms with Crippen LogP contribution in [0, 0.1) is 5.92 Å². The Hall–Kier alpha value is -2.60. The Morgan fingerprint density at radius 1 is 1.00 bits per heavy atom. The van der Waals surface area contributed by atoms with Gasteiger partial charge in [-0.3, -0.25) is 4.79 Å². The van der Waals surface area contributed by atoms with Crippen LogP contribution in [0.2, 0.25) is 0 Å². The van der Waals surface area contributed by atoms with Gasteiger partial charge in [0, 0.05) is 5.39 Å². The minimum absolute atomic E-state index is 0.174. The molecule has 0 aliphatic heterocycles. The summed E-state index contributed by atoms with van der Waals surface area (Å²) in [5.74, 6) is -0.475. The van der Waals surface area contributed by atoms with Crippen LogP contribution in [0.4, 0.5) is 0 Å². The second kappa shape index (κ2) is 6.13. The van der Waals surface area contributed by atoms with Crippen LogP contribution in [-0.2, 0) is 14.8 Å². The highest BCUT2D eigenvalue weighted by atomic mass is 32.2. The topological polar surface area (TPSA) is 65.4 Å². The zero-order valence-electron chi connectivity index (χ0n) is 13.3. The van der Waals surface area contributed by atoms with Crippen LogP contribution < -0.4 is 4.74 Å². The summed E-state index contributed by atoms with van der Waals surface area (Å²) >= 11 is 0. The molecule has 2 aromatic carbocycles. The maximum absolute atomic E-state index is 12.9. The van der Waals surface area contributed by atoms with Gasteiger partial charge in [0.2, 0.25) is 0 Å². The van der Waals surface area contributed by atoms with Crippen LogP contribution >= 0.6 is 0 Å². The van der Waals surface area contributed by atoms with E-state index in [0.29, 0.717) is 10.9 Å². The molecular formula is C18H17NO4S. The molecule has 3 rings (SSSR count). The van der Waals surface area contributed by atoms with Gasteiger partial charge in [0.1, 0.15) is 0 Å². The van der Waals surface area contributed by atoms with Crippen LogP contribution in [0.25, 0.3) is 10.9 Å². The molecule has 0 saturated carbocycles. The first-order valence-corrected chi connectivity index (χ1v) is 8.97. The Bertz CT molecular complexity index is 988. The zero-order chi connectivity index (χ0) is 17.3. The third kappa shape index (κ3) is 2.80. The largest absolute Gasteiger partial charge is 0.424 e. The fourth-order valence-electron chi connectivity index (χ4n) is 2.33. The van der Waals surface area contributed by atoms with Crippen LogP contribution in [0.3, 0.4) is 0 Å². The van der Waals surface area contributed by atoms with Crippen molar-refractivity contribution in [1.82, 2.24) is 3.97 Å². The molecule has 0 spiro atoms. The zero-order valence-corrected chi connectivity index (χ0v) is 14.2. The molecule has 0 amide bonds. The number of esters is 1. The standard InChI is InChI=1S/C18H17NO4S/c1-13(2)18(20)23-17-12-19(16-11-7-6-10-15(16)17)24(21,22)14-8-4-3-5-9-14/h3-13H,1-2H3. The molecule has 0 atom stereocenters. The number of ether oxygens (including phenoxy) is 1. The summed E-state index contributed by atoms with van der Waals surface area (Å²) in [5.41, 5.74) is 0.466. The molecule has 0 bridgehead atoms. The van der Waals surface area contributed by atoms with E-state index in [1.807, 2.05) is 0 Å². The quantitative estimate of drug-likeness (QED) is 0.681. The van der Waals surface area contributed by atoms with E-state index in [1.165, 1.54) is 18.3 Å². The number of nitrogens with zero attached hydrogens (tertiary/aromatic N) is 1. The van der Waals surface area contributed by atoms with Crippen molar-refractivity contribution < 1.29 is 17.9 Å². The van der Waals surface area contributed by atoms with E-state index in [1.54, 1.807) is 56.3 Å². The lowest BCUT2D eigenvalue weighted by molar-refractivity contribution is -0.137. The normalized spacial score (nSPS) is 11.8. The second-order valence-corrected chi connectivity index (χ2v) is 7.52. The fourth-order valence-corrected chi connectivity index (χ4v) is 3.71. The van der Waals surface area contributed by atoms with E-state index in [9.17, 15) is 13.2 Å². The molecule has 1 aromatic heterocycles. The molecule has 0 aliphatic carbocycles. The number of hydrogen-bond acceptors (Lipinski definition) is 4. The molecule has 24 heavy (non-hydrogen) atoms. The van der Waals surface area contributed by atoms with Crippen molar-refractivity contribution in [2.75, 3.05) is 0 Å². The van der Waals surface area contributed by atoms with Crippen molar-refractivity contribution in [1.29, 1.82) is 0 Å². The van der Waals surface area contributed by atoms with Gasteiger partial charge in [-0.15, -0.1) is 0 Å². The monoisotopic (exact) mass is 343 g/mol. The van der Waals surface area contributed by atoms with Gasteiger partial charge in [-0.25, -0.2) is 12.4 Å². The molecule has 5 nitrogen and oxygen atoms in total. The van der Waals surface area contributed by atoms with E-state index < -0.39 is 16.0 Å². The summed E-state index contributed by atoms with van der Waals surface area (Å²) in [6.45, 7) is 3.45. The lowest BCUT2D eigenvalue weighted by Gasteiger charge is -2.06. The fraction of sp³-hybridized carbons (Fsp3) is 0.167. The molecule has 3 aromatic rings. The molecule has 0 radical (unpaired) electrons. The number of aromatic nitrogens is 1. The number of benzene rings is 2. The summed E-state index contributed by atoms with van der Waals surface area (Å²) in [6.07, 6.45) is 1.35. The minimum Gasteiger partial charge on any atom is -0.424 e. The van der Waals surface area contributed by atoms with Crippen molar-refractivity contribution >= 4 is 26.9 Å². The van der Waals surface area contributed by atoms with Gasteiger partial charge in [0.25, 0.3) is 10.0 Å². The van der Waals surface area contributed by atoms with Crippen LogP contribution in [0.1, 0.15) is 13.8 Å². The Balaban J connectivity index is 2.18. The molecule has 6 heteroatoms. The smallest absolute Gasteiger partial charge is 0.313 e. The maximum Gasteiger partial charge on any atom is 0.313 e. The highest BCUT2D eigenvalue weighted by Gasteiger charge is 2.23. The highest BCUT2D eigenvalue weighted by molar-refractivity contribution is 7.90. The number of carbonyl (C=O) groups excluding carboxylic acids is 1. The van der Waals surface area contributed by atoms with E-state index in [4.69, 9.17) is 4.74 Å². The van der Waals surface area contributed by atoms with Crippen LogP contribution in [-0.4, -0.2) is 18.4 Å². The predicted molar refractivity (Wildman–Crippen MR) is 91.4 cm³/mol. The first-order chi connectivity index (χ1) is 11.4. The van der Waals surface area contributed by atoms with Gasteiger partial charge in [-0.1, -0.05) is 44.2 Å². The van der Waals surface area contributed by atoms with Gasteiger partial charge in [-0.2, -0.15) is 0 Å². The second-order valence-electron chi connectivity index (χ2n) is 5.70. The molecule has 0 unspecified atom stereocenters. The van der Waals surface area contributed by atoms with Crippen LogP contribution in [0.5, 0.6) is 5.75 Å². The third-order valence-corrected chi connectivity index (χ3v) is 5.31. The molecule has 0 aliphatic rings. The lowest BCUT2D eigenvalue weighted by atomic mass is 10.2. The van der Waals surface area contributed by atoms with E-state index in [0.717, 1.165) is 3.97 Å². The van der Waals surface area contributed by atoms with Gasteiger partial charge in [0.05, 0.1) is 22.5 Å². The number of hydrogen-bond donors (Lipinski definition) is 0. The van der Waals surface area contributed by atoms with E-state index in [-0.39, 0.29) is 16.6 Å².